The van der Waals surface area contributed by atoms with Crippen LogP contribution in [-0.2, 0) is 5.41 Å². The van der Waals surface area contributed by atoms with Crippen molar-refractivity contribution in [3.63, 3.8) is 0 Å². The fourth-order valence-corrected chi connectivity index (χ4v) is 3.68. The van der Waals surface area contributed by atoms with Gasteiger partial charge in [0.2, 0.25) is 0 Å². The van der Waals surface area contributed by atoms with Gasteiger partial charge in [-0.15, -0.1) is 11.3 Å². The number of rotatable bonds is 4. The van der Waals surface area contributed by atoms with E-state index in [1.165, 1.54) is 9.75 Å². The van der Waals surface area contributed by atoms with Crippen LogP contribution in [0.25, 0.3) is 0 Å². The van der Waals surface area contributed by atoms with Crippen LogP contribution in [0.3, 0.4) is 0 Å². The van der Waals surface area contributed by atoms with Crippen LogP contribution < -0.4 is 4.74 Å². The van der Waals surface area contributed by atoms with E-state index in [0.717, 1.165) is 5.56 Å². The Kier molecular flexibility index (Phi) is 5.04. The molecule has 0 aliphatic rings. The predicted octanol–water partition coefficient (Wildman–Crippen LogP) is 6.13. The Bertz CT molecular complexity index is 587. The van der Waals surface area contributed by atoms with Gasteiger partial charge in [0.15, 0.2) is 0 Å². The third-order valence-electron chi connectivity index (χ3n) is 3.01. The third-order valence-corrected chi connectivity index (χ3v) is 5.91. The minimum absolute atomic E-state index is 0.0548. The van der Waals surface area contributed by atoms with Crippen molar-refractivity contribution in [3.8, 4) is 5.75 Å². The number of thiophene rings is 1. The number of alkyl halides is 3. The first-order valence-electron chi connectivity index (χ1n) is 6.56. The van der Waals surface area contributed by atoms with E-state index in [1.54, 1.807) is 35.6 Å². The van der Waals surface area contributed by atoms with Gasteiger partial charge >= 0.3 is 6.61 Å². The second-order valence-corrected chi connectivity index (χ2v) is 7.79. The molecule has 0 N–H and O–H groups in total. The maximum atomic E-state index is 12.1. The average molecular weight is 375 g/mol. The van der Waals surface area contributed by atoms with Crippen LogP contribution in [0.5, 0.6) is 5.75 Å². The van der Waals surface area contributed by atoms with Gasteiger partial charge in [0.1, 0.15) is 5.75 Å². The number of ether oxygens (including phenoxy) is 1. The molecule has 1 unspecified atom stereocenters. The minimum atomic E-state index is -2.79. The third kappa shape index (κ3) is 4.27. The number of hydrogen-bond donors (Lipinski definition) is 0. The summed E-state index contributed by atoms with van der Waals surface area (Å²) in [6, 6.07) is 11.0. The van der Waals surface area contributed by atoms with Gasteiger partial charge in [0.25, 0.3) is 0 Å². The molecule has 0 saturated heterocycles. The summed E-state index contributed by atoms with van der Waals surface area (Å²) in [5, 5.41) is 0. The van der Waals surface area contributed by atoms with Gasteiger partial charge in [0, 0.05) is 9.75 Å². The van der Waals surface area contributed by atoms with Crippen molar-refractivity contribution in [1.82, 2.24) is 0 Å². The van der Waals surface area contributed by atoms with Gasteiger partial charge < -0.3 is 4.74 Å². The summed E-state index contributed by atoms with van der Waals surface area (Å²) < 4.78 is 28.6. The van der Waals surface area contributed by atoms with E-state index in [1.807, 2.05) is 0 Å². The van der Waals surface area contributed by atoms with Crippen molar-refractivity contribution in [2.24, 2.45) is 0 Å². The topological polar surface area (TPSA) is 9.23 Å². The molecule has 0 aliphatic carbocycles. The van der Waals surface area contributed by atoms with Crippen LogP contribution in [0.2, 0.25) is 0 Å². The molecular weight excluding hydrogens is 358 g/mol. The molecule has 1 atom stereocenters. The van der Waals surface area contributed by atoms with Crippen molar-refractivity contribution in [1.29, 1.82) is 0 Å². The molecule has 0 radical (unpaired) electrons. The van der Waals surface area contributed by atoms with Gasteiger partial charge in [0.05, 0.1) is 4.83 Å². The molecule has 1 aromatic heterocycles. The van der Waals surface area contributed by atoms with E-state index in [2.05, 4.69) is 53.6 Å². The van der Waals surface area contributed by atoms with Crippen LogP contribution in [-0.4, -0.2) is 6.61 Å². The van der Waals surface area contributed by atoms with Gasteiger partial charge in [-0.2, -0.15) is 8.78 Å². The molecule has 1 nitrogen and oxygen atoms in total. The molecule has 2 rings (SSSR count). The molecule has 0 amide bonds. The van der Waals surface area contributed by atoms with Crippen LogP contribution in [0.4, 0.5) is 8.78 Å². The molecule has 0 bridgehead atoms. The average Bonchev–Trinajstić information content (AvgIpc) is 2.87. The zero-order chi connectivity index (χ0) is 15.6. The summed E-state index contributed by atoms with van der Waals surface area (Å²) in [7, 11) is 0. The molecular formula is C16H17BrF2OS. The number of hydrogen-bond acceptors (Lipinski definition) is 2. The van der Waals surface area contributed by atoms with E-state index in [4.69, 9.17) is 0 Å². The minimum Gasteiger partial charge on any atom is -0.435 e. The standard InChI is InChI=1S/C16H17BrF2OS/c1-16(2,3)13-9-8-12(21-13)14(17)10-4-6-11(7-5-10)20-15(18)19/h4-9,14-15H,1-3H3. The summed E-state index contributed by atoms with van der Waals surface area (Å²) in [6.45, 7) is 3.76. The van der Waals surface area contributed by atoms with Crippen LogP contribution in [0, 0.1) is 0 Å². The zero-order valence-corrected chi connectivity index (χ0v) is 14.5. The Morgan fingerprint density at radius 1 is 1.05 bits per heavy atom. The fraction of sp³-hybridized carbons (Fsp3) is 0.375. The molecule has 0 spiro atoms. The molecule has 1 aromatic carbocycles. The summed E-state index contributed by atoms with van der Waals surface area (Å²) >= 11 is 5.43. The lowest BCUT2D eigenvalue weighted by atomic mass is 9.95. The van der Waals surface area contributed by atoms with Crippen LogP contribution >= 0.6 is 27.3 Å². The van der Waals surface area contributed by atoms with Crippen molar-refractivity contribution in [2.45, 2.75) is 37.6 Å². The molecule has 21 heavy (non-hydrogen) atoms. The predicted molar refractivity (Wildman–Crippen MR) is 86.9 cm³/mol. The summed E-state index contributed by atoms with van der Waals surface area (Å²) in [5.74, 6) is 0.176. The molecule has 0 fully saturated rings. The van der Waals surface area contributed by atoms with Crippen molar-refractivity contribution < 1.29 is 13.5 Å². The van der Waals surface area contributed by atoms with E-state index in [-0.39, 0.29) is 16.0 Å². The first-order valence-corrected chi connectivity index (χ1v) is 8.29. The normalized spacial score (nSPS) is 13.5. The highest BCUT2D eigenvalue weighted by Crippen LogP contribution is 2.39. The maximum absolute atomic E-state index is 12.1. The van der Waals surface area contributed by atoms with Crippen LogP contribution in [0.15, 0.2) is 36.4 Å². The van der Waals surface area contributed by atoms with Gasteiger partial charge in [-0.25, -0.2) is 0 Å². The van der Waals surface area contributed by atoms with Crippen molar-refractivity contribution in [2.75, 3.05) is 0 Å². The summed E-state index contributed by atoms with van der Waals surface area (Å²) in [4.78, 5) is 2.57. The molecule has 2 aromatic rings. The highest BCUT2D eigenvalue weighted by Gasteiger charge is 2.19. The molecule has 0 aliphatic heterocycles. The van der Waals surface area contributed by atoms with Gasteiger partial charge in [-0.1, -0.05) is 48.8 Å². The largest absolute Gasteiger partial charge is 0.435 e. The molecule has 114 valence electrons. The second-order valence-electron chi connectivity index (χ2n) is 5.76. The second kappa shape index (κ2) is 6.44. The first-order chi connectivity index (χ1) is 9.77. The smallest absolute Gasteiger partial charge is 0.387 e. The van der Waals surface area contributed by atoms with Crippen LogP contribution in [0.1, 0.15) is 40.9 Å². The highest BCUT2D eigenvalue weighted by atomic mass is 79.9. The first kappa shape index (κ1) is 16.4. The molecule has 5 heteroatoms. The maximum Gasteiger partial charge on any atom is 0.387 e. The Hall–Kier alpha value is -0.940. The van der Waals surface area contributed by atoms with E-state index in [9.17, 15) is 8.78 Å². The molecule has 1 heterocycles. The Balaban J connectivity index is 2.16. The monoisotopic (exact) mass is 374 g/mol. The quantitative estimate of drug-likeness (QED) is 0.584. The number of halogens is 3. The van der Waals surface area contributed by atoms with E-state index in [0.29, 0.717) is 0 Å². The SMILES string of the molecule is CC(C)(C)c1ccc(C(Br)c2ccc(OC(F)F)cc2)s1. The lowest BCUT2D eigenvalue weighted by Gasteiger charge is -2.15. The summed E-state index contributed by atoms with van der Waals surface area (Å²) in [5.41, 5.74) is 1.14. The van der Waals surface area contributed by atoms with Gasteiger partial charge in [-0.3, -0.25) is 0 Å². The van der Waals surface area contributed by atoms with Gasteiger partial charge in [-0.05, 0) is 35.2 Å². The lowest BCUT2D eigenvalue weighted by molar-refractivity contribution is -0.0498. The summed E-state index contributed by atoms with van der Waals surface area (Å²) in [6.07, 6.45) is 0. The highest BCUT2D eigenvalue weighted by molar-refractivity contribution is 9.09. The van der Waals surface area contributed by atoms with E-state index < -0.39 is 6.61 Å². The Morgan fingerprint density at radius 2 is 1.67 bits per heavy atom. The number of benzene rings is 1. The van der Waals surface area contributed by atoms with E-state index >= 15 is 0 Å². The Morgan fingerprint density at radius 3 is 2.14 bits per heavy atom. The van der Waals surface area contributed by atoms with Crippen molar-refractivity contribution >= 4 is 27.3 Å². The zero-order valence-electron chi connectivity index (χ0n) is 12.1. The fourth-order valence-electron chi connectivity index (χ4n) is 1.87. The lowest BCUT2D eigenvalue weighted by Crippen LogP contribution is -2.07. The Labute approximate surface area is 136 Å². The molecule has 0 saturated carbocycles. The van der Waals surface area contributed by atoms with Crippen molar-refractivity contribution in [3.05, 3.63) is 51.7 Å².